The van der Waals surface area contributed by atoms with E-state index in [1.54, 1.807) is 35.0 Å². The topological polar surface area (TPSA) is 111 Å². The summed E-state index contributed by atoms with van der Waals surface area (Å²) in [5, 5.41) is 11.6. The van der Waals surface area contributed by atoms with Gasteiger partial charge in [0.05, 0.1) is 17.3 Å². The number of rotatable bonds is 6. The van der Waals surface area contributed by atoms with E-state index in [2.05, 4.69) is 25.5 Å². The van der Waals surface area contributed by atoms with Crippen molar-refractivity contribution in [3.8, 4) is 11.6 Å². The number of fused-ring (bicyclic) bond motifs is 1. The van der Waals surface area contributed by atoms with Crippen molar-refractivity contribution in [3.63, 3.8) is 0 Å². The smallest absolute Gasteiger partial charge is 0.250 e. The second kappa shape index (κ2) is 7.63. The van der Waals surface area contributed by atoms with Gasteiger partial charge in [-0.3, -0.25) is 9.20 Å². The van der Waals surface area contributed by atoms with Crippen molar-refractivity contribution < 1.29 is 9.18 Å². The number of benzene rings is 1. The Labute approximate surface area is 165 Å². The van der Waals surface area contributed by atoms with Gasteiger partial charge in [-0.05, 0) is 36.2 Å². The van der Waals surface area contributed by atoms with Crippen LogP contribution in [0.25, 0.3) is 17.2 Å². The number of aromatic nitrogens is 5. The van der Waals surface area contributed by atoms with E-state index in [9.17, 15) is 9.18 Å². The number of aryl methyl sites for hydroxylation is 1. The highest BCUT2D eigenvalue weighted by Crippen LogP contribution is 2.21. The minimum atomic E-state index is -0.542. The lowest BCUT2D eigenvalue weighted by Gasteiger charge is -2.10. The monoisotopic (exact) mass is 391 g/mol. The van der Waals surface area contributed by atoms with Crippen LogP contribution in [0.1, 0.15) is 28.5 Å². The number of amides is 1. The molecule has 0 bridgehead atoms. The fraction of sp³-hybridized carbons (Fsp3) is 0.150. The normalized spacial score (nSPS) is 11.0. The van der Waals surface area contributed by atoms with E-state index in [4.69, 9.17) is 5.73 Å². The van der Waals surface area contributed by atoms with E-state index in [0.717, 1.165) is 5.56 Å². The number of nitrogens with two attached hydrogens (primary N) is 1. The molecule has 0 aliphatic heterocycles. The van der Waals surface area contributed by atoms with Crippen LogP contribution in [0.3, 0.4) is 0 Å². The molecule has 4 rings (SSSR count). The highest BCUT2D eigenvalue weighted by molar-refractivity contribution is 5.99. The van der Waals surface area contributed by atoms with Crippen LogP contribution in [-0.2, 0) is 13.0 Å². The van der Waals surface area contributed by atoms with Crippen LogP contribution < -0.4 is 11.1 Å². The molecule has 0 radical (unpaired) electrons. The molecule has 0 aliphatic rings. The van der Waals surface area contributed by atoms with Crippen LogP contribution >= 0.6 is 0 Å². The second-order valence-corrected chi connectivity index (χ2v) is 6.39. The molecule has 29 heavy (non-hydrogen) atoms. The molecule has 3 heterocycles. The van der Waals surface area contributed by atoms with Crippen molar-refractivity contribution in [3.05, 3.63) is 71.4 Å². The van der Waals surface area contributed by atoms with E-state index < -0.39 is 5.91 Å². The Kier molecular flexibility index (Phi) is 4.86. The van der Waals surface area contributed by atoms with Gasteiger partial charge in [-0.1, -0.05) is 19.1 Å². The molecule has 8 nitrogen and oxygen atoms in total. The Hall–Kier alpha value is -3.88. The molecule has 1 amide bonds. The van der Waals surface area contributed by atoms with Gasteiger partial charge in [0, 0.05) is 12.7 Å². The largest absolute Gasteiger partial charge is 0.366 e. The van der Waals surface area contributed by atoms with Gasteiger partial charge in [-0.2, -0.15) is 0 Å². The average Bonchev–Trinajstić information content (AvgIpc) is 3.16. The number of hydrogen-bond donors (Lipinski definition) is 2. The molecule has 1 aromatic carbocycles. The number of nitrogens with one attached hydrogen (secondary N) is 1. The molecule has 0 saturated carbocycles. The molecule has 3 aromatic heterocycles. The van der Waals surface area contributed by atoms with Gasteiger partial charge in [0.25, 0.3) is 5.91 Å². The van der Waals surface area contributed by atoms with Crippen molar-refractivity contribution in [2.45, 2.75) is 19.9 Å². The third-order valence-electron chi connectivity index (χ3n) is 4.48. The van der Waals surface area contributed by atoms with Crippen molar-refractivity contribution in [1.29, 1.82) is 0 Å². The number of carbonyl (C=O) groups is 1. The number of imidazole rings is 1. The van der Waals surface area contributed by atoms with E-state index in [0.29, 0.717) is 47.2 Å². The maximum absolute atomic E-state index is 13.4. The van der Waals surface area contributed by atoms with Gasteiger partial charge in [0.15, 0.2) is 11.6 Å². The summed E-state index contributed by atoms with van der Waals surface area (Å²) >= 11 is 0. The highest BCUT2D eigenvalue weighted by atomic mass is 19.1. The third-order valence-corrected chi connectivity index (χ3v) is 4.48. The Balaban J connectivity index is 1.70. The molecule has 4 aromatic rings. The zero-order valence-corrected chi connectivity index (χ0v) is 15.6. The molecule has 0 saturated heterocycles. The van der Waals surface area contributed by atoms with Crippen LogP contribution in [0.2, 0.25) is 0 Å². The Morgan fingerprint density at radius 3 is 2.86 bits per heavy atom. The molecule has 0 spiro atoms. The first kappa shape index (κ1) is 18.5. The molecule has 0 fully saturated rings. The first-order chi connectivity index (χ1) is 14.1. The van der Waals surface area contributed by atoms with E-state index in [1.165, 1.54) is 12.1 Å². The minimum Gasteiger partial charge on any atom is -0.366 e. The first-order valence-electron chi connectivity index (χ1n) is 9.05. The maximum Gasteiger partial charge on any atom is 0.250 e. The van der Waals surface area contributed by atoms with Gasteiger partial charge in [-0.25, -0.2) is 14.4 Å². The zero-order valence-electron chi connectivity index (χ0n) is 15.6. The number of pyridine rings is 1. The molecule has 0 aliphatic carbocycles. The summed E-state index contributed by atoms with van der Waals surface area (Å²) in [5.74, 6) is 0.442. The minimum absolute atomic E-state index is 0.296. The number of anilines is 1. The van der Waals surface area contributed by atoms with Crippen LogP contribution in [0, 0.1) is 5.82 Å². The van der Waals surface area contributed by atoms with Crippen molar-refractivity contribution in [2.24, 2.45) is 5.73 Å². The number of primary amides is 1. The van der Waals surface area contributed by atoms with Crippen molar-refractivity contribution in [1.82, 2.24) is 24.6 Å². The molecule has 146 valence electrons. The molecule has 9 heteroatoms. The summed E-state index contributed by atoms with van der Waals surface area (Å²) in [6.07, 6.45) is 3.92. The second-order valence-electron chi connectivity index (χ2n) is 6.39. The quantitative estimate of drug-likeness (QED) is 0.523. The summed E-state index contributed by atoms with van der Waals surface area (Å²) < 4.78 is 15.1. The SMILES string of the molecule is CCc1nnc(-c2ncc3c(C(N)=O)cccn23)nc1NCc1cccc(F)c1. The van der Waals surface area contributed by atoms with Crippen LogP contribution in [-0.4, -0.2) is 30.5 Å². The molecular formula is C20H18FN7O. The summed E-state index contributed by atoms with van der Waals surface area (Å²) in [5.41, 5.74) is 7.82. The van der Waals surface area contributed by atoms with Gasteiger partial charge in [-0.15, -0.1) is 10.2 Å². The molecular weight excluding hydrogens is 373 g/mol. The summed E-state index contributed by atoms with van der Waals surface area (Å²) in [7, 11) is 0. The Morgan fingerprint density at radius 1 is 1.24 bits per heavy atom. The first-order valence-corrected chi connectivity index (χ1v) is 9.05. The van der Waals surface area contributed by atoms with Crippen LogP contribution in [0.15, 0.2) is 48.8 Å². The van der Waals surface area contributed by atoms with E-state index >= 15 is 0 Å². The number of halogens is 1. The lowest BCUT2D eigenvalue weighted by atomic mass is 10.2. The van der Waals surface area contributed by atoms with E-state index in [1.807, 2.05) is 13.0 Å². The molecule has 0 atom stereocenters. The molecule has 0 unspecified atom stereocenters. The van der Waals surface area contributed by atoms with Gasteiger partial charge in [0.2, 0.25) is 5.82 Å². The summed E-state index contributed by atoms with van der Waals surface area (Å²) in [6.45, 7) is 2.33. The average molecular weight is 391 g/mol. The highest BCUT2D eigenvalue weighted by Gasteiger charge is 2.16. The Morgan fingerprint density at radius 2 is 2.10 bits per heavy atom. The van der Waals surface area contributed by atoms with Gasteiger partial charge < -0.3 is 11.1 Å². The number of nitrogens with zero attached hydrogens (tertiary/aromatic N) is 5. The van der Waals surface area contributed by atoms with Crippen molar-refractivity contribution >= 4 is 17.2 Å². The maximum atomic E-state index is 13.4. The predicted molar refractivity (Wildman–Crippen MR) is 106 cm³/mol. The fourth-order valence-electron chi connectivity index (χ4n) is 3.05. The fourth-order valence-corrected chi connectivity index (χ4v) is 3.05. The predicted octanol–water partition coefficient (Wildman–Crippen LogP) is 2.60. The lowest BCUT2D eigenvalue weighted by Crippen LogP contribution is -2.12. The Bertz CT molecular complexity index is 1200. The molecule has 3 N–H and O–H groups in total. The standard InChI is InChI=1S/C20H18FN7O/c1-2-15-18(23-10-12-5-3-6-13(21)9-12)25-19(27-26-15)20-24-11-16-14(17(22)29)7-4-8-28(16)20/h3-9,11H,2,10H2,1H3,(H2,22,29)(H,23,25,27). The number of carbonyl (C=O) groups excluding carboxylic acids is 1. The van der Waals surface area contributed by atoms with Gasteiger partial charge >= 0.3 is 0 Å². The zero-order chi connectivity index (χ0) is 20.4. The summed E-state index contributed by atoms with van der Waals surface area (Å²) in [6, 6.07) is 9.68. The number of hydrogen-bond acceptors (Lipinski definition) is 6. The van der Waals surface area contributed by atoms with Crippen LogP contribution in [0.4, 0.5) is 10.2 Å². The van der Waals surface area contributed by atoms with Gasteiger partial charge in [0.1, 0.15) is 11.5 Å². The summed E-state index contributed by atoms with van der Waals surface area (Å²) in [4.78, 5) is 20.6. The van der Waals surface area contributed by atoms with Crippen LogP contribution in [0.5, 0.6) is 0 Å². The third kappa shape index (κ3) is 3.62. The lowest BCUT2D eigenvalue weighted by molar-refractivity contribution is 0.100. The van der Waals surface area contributed by atoms with Crippen molar-refractivity contribution in [2.75, 3.05) is 5.32 Å². The van der Waals surface area contributed by atoms with E-state index in [-0.39, 0.29) is 5.82 Å².